The van der Waals surface area contributed by atoms with Crippen molar-refractivity contribution in [1.82, 2.24) is 9.97 Å². The molecule has 10 heteroatoms. The van der Waals surface area contributed by atoms with Gasteiger partial charge >= 0.3 is 0 Å². The van der Waals surface area contributed by atoms with Crippen LogP contribution >= 0.6 is 49.6 Å². The van der Waals surface area contributed by atoms with Crippen LogP contribution in [0.1, 0.15) is 39.2 Å². The second kappa shape index (κ2) is 20.5. The van der Waals surface area contributed by atoms with Crippen LogP contribution in [0.25, 0.3) is 22.3 Å². The molecule has 0 aliphatic rings. The Morgan fingerprint density at radius 1 is 0.467 bits per heavy atom. The Labute approximate surface area is 311 Å². The van der Waals surface area contributed by atoms with Gasteiger partial charge in [-0.2, -0.15) is 0 Å². The second-order valence-corrected chi connectivity index (χ2v) is 9.97. The molecule has 3 aromatic carbocycles. The Morgan fingerprint density at radius 3 is 1.29 bits per heavy atom. The predicted molar refractivity (Wildman–Crippen MR) is 193 cm³/mol. The van der Waals surface area contributed by atoms with Gasteiger partial charge in [0, 0.05) is 45.4 Å². The molecule has 0 amide bonds. The molecule has 0 atom stereocenters. The molecule has 0 N–H and O–H groups in total. The summed E-state index contributed by atoms with van der Waals surface area (Å²) >= 11 is 0. The number of rotatable bonds is 6. The Balaban J connectivity index is 0. The molecule has 244 valence electrons. The van der Waals surface area contributed by atoms with E-state index in [1.54, 1.807) is 12.4 Å². The number of benzene rings is 3. The van der Waals surface area contributed by atoms with Crippen molar-refractivity contribution in [1.29, 1.82) is 0 Å². The molecule has 4 nitrogen and oxygen atoms in total. The smallest absolute Gasteiger partial charge is 0.0812 e. The molecule has 0 aliphatic heterocycles. The van der Waals surface area contributed by atoms with Crippen molar-refractivity contribution in [3.8, 4) is 22.3 Å². The van der Waals surface area contributed by atoms with Crippen LogP contribution in [0.2, 0.25) is 0 Å². The summed E-state index contributed by atoms with van der Waals surface area (Å²) in [5.74, 6) is 0. The van der Waals surface area contributed by atoms with Crippen LogP contribution in [0.3, 0.4) is 0 Å². The summed E-state index contributed by atoms with van der Waals surface area (Å²) < 4.78 is 0. The van der Waals surface area contributed by atoms with E-state index in [-0.39, 0.29) is 82.6 Å². The summed E-state index contributed by atoms with van der Waals surface area (Å²) in [7, 11) is 0. The van der Waals surface area contributed by atoms with Crippen LogP contribution in [0, 0.1) is 34.6 Å². The first kappa shape index (κ1) is 44.6. The van der Waals surface area contributed by atoms with Crippen molar-refractivity contribution in [3.63, 3.8) is 0 Å². The number of aliphatic imine (C=N–C) groups is 2. The average molecular weight is 772 g/mol. The normalized spacial score (nSPS) is 9.98. The van der Waals surface area contributed by atoms with Gasteiger partial charge < -0.3 is 0 Å². The maximum atomic E-state index is 4.76. The molecule has 0 unspecified atom stereocenters. The molecule has 0 bridgehead atoms. The van der Waals surface area contributed by atoms with Crippen LogP contribution in [-0.4, -0.2) is 22.4 Å². The van der Waals surface area contributed by atoms with Gasteiger partial charge in [-0.15, -0.1) is 49.6 Å². The van der Waals surface area contributed by atoms with Gasteiger partial charge in [0.05, 0.1) is 35.2 Å². The number of nitrogens with zero attached hydrogens (tertiary/aromatic N) is 4. The molecule has 45 heavy (non-hydrogen) atoms. The monoisotopic (exact) mass is 768 g/mol. The molecule has 0 saturated heterocycles. The number of hydrogen-bond acceptors (Lipinski definition) is 4. The first-order valence-electron chi connectivity index (χ1n) is 13.1. The number of hydrogen-bond donors (Lipinski definition) is 0. The Morgan fingerprint density at radius 2 is 0.889 bits per heavy atom. The zero-order valence-electron chi connectivity index (χ0n) is 25.4. The van der Waals surface area contributed by atoms with Crippen LogP contribution in [0.15, 0.2) is 101 Å². The standard InChI is InChI=1S/C35H32N4.4ClH.2Ni/c1-23-12-13-28(29-16-24(2)34(25(3)17-29)38-21-31-10-6-8-14-36-31)20-33(23)30-18-26(4)35(27(5)19-30)39-22-32-11-7-9-15-37-32;;;;;;/h6-22H,1-5H3;4*1H;;. The Hall–Kier alpha value is -2.55. The van der Waals surface area contributed by atoms with E-state index < -0.39 is 0 Å². The van der Waals surface area contributed by atoms with Gasteiger partial charge in [0.2, 0.25) is 0 Å². The topological polar surface area (TPSA) is 50.5 Å². The fourth-order valence-electron chi connectivity index (χ4n) is 4.92. The molecular formula is C35H36Cl4N4Ni2. The third kappa shape index (κ3) is 11.0. The fourth-order valence-corrected chi connectivity index (χ4v) is 4.92. The molecule has 0 spiro atoms. The van der Waals surface area contributed by atoms with E-state index in [0.29, 0.717) is 0 Å². The summed E-state index contributed by atoms with van der Waals surface area (Å²) in [5, 5.41) is 0. The van der Waals surface area contributed by atoms with E-state index in [4.69, 9.17) is 9.98 Å². The number of halogens is 4. The number of pyridine rings is 2. The maximum absolute atomic E-state index is 4.76. The zero-order chi connectivity index (χ0) is 27.4. The van der Waals surface area contributed by atoms with Crippen molar-refractivity contribution in [2.24, 2.45) is 9.98 Å². The van der Waals surface area contributed by atoms with E-state index >= 15 is 0 Å². The van der Waals surface area contributed by atoms with E-state index in [0.717, 1.165) is 45.0 Å². The summed E-state index contributed by atoms with van der Waals surface area (Å²) in [6.07, 6.45) is 7.22. The van der Waals surface area contributed by atoms with Crippen LogP contribution in [0.4, 0.5) is 11.4 Å². The van der Waals surface area contributed by atoms with Gasteiger partial charge in [0.1, 0.15) is 0 Å². The van der Waals surface area contributed by atoms with Crippen molar-refractivity contribution in [3.05, 3.63) is 130 Å². The van der Waals surface area contributed by atoms with E-state index in [1.807, 2.05) is 48.8 Å². The molecule has 0 radical (unpaired) electrons. The van der Waals surface area contributed by atoms with Crippen molar-refractivity contribution in [2.75, 3.05) is 0 Å². The first-order chi connectivity index (χ1) is 18.9. The summed E-state index contributed by atoms with van der Waals surface area (Å²) in [4.78, 5) is 18.2. The van der Waals surface area contributed by atoms with E-state index in [2.05, 4.69) is 87.1 Å². The minimum absolute atomic E-state index is 0. The van der Waals surface area contributed by atoms with Crippen LogP contribution < -0.4 is 0 Å². The zero-order valence-corrected chi connectivity index (χ0v) is 30.6. The second-order valence-electron chi connectivity index (χ2n) is 9.97. The Kier molecular flexibility index (Phi) is 20.4. The van der Waals surface area contributed by atoms with Gasteiger partial charge in [0.25, 0.3) is 0 Å². The predicted octanol–water partition coefficient (Wildman–Crippen LogP) is 10.5. The average Bonchev–Trinajstić information content (AvgIpc) is 2.93. The molecule has 0 saturated carbocycles. The van der Waals surface area contributed by atoms with Gasteiger partial charge in [-0.05, 0) is 139 Å². The largest absolute Gasteiger partial charge is 0.255 e. The van der Waals surface area contributed by atoms with Crippen LogP contribution in [0.5, 0.6) is 0 Å². The SMILES string of the molecule is Cc1ccc(-c2cc(C)c(N=Cc3ccccn3)c(C)c2)cc1-c1cc(C)c(N=Cc2ccccn2)c(C)c1.Cl.Cl.Cl.Cl.[Ni].[Ni]. The fraction of sp³-hybridized carbons (Fsp3) is 0.143. The third-order valence-electron chi connectivity index (χ3n) is 6.89. The first-order valence-corrected chi connectivity index (χ1v) is 13.1. The van der Waals surface area contributed by atoms with Gasteiger partial charge in [-0.25, -0.2) is 0 Å². The van der Waals surface area contributed by atoms with Gasteiger partial charge in [0.15, 0.2) is 0 Å². The van der Waals surface area contributed by atoms with Crippen LogP contribution in [-0.2, 0) is 33.0 Å². The van der Waals surface area contributed by atoms with Crippen molar-refractivity contribution < 1.29 is 33.0 Å². The maximum Gasteiger partial charge on any atom is 0.0812 e. The quantitative estimate of drug-likeness (QED) is 0.128. The minimum atomic E-state index is 0. The molecule has 2 aromatic heterocycles. The van der Waals surface area contributed by atoms with E-state index in [1.165, 1.54) is 27.8 Å². The minimum Gasteiger partial charge on any atom is -0.255 e. The molecule has 2 heterocycles. The number of aromatic nitrogens is 2. The summed E-state index contributed by atoms with van der Waals surface area (Å²) in [5.41, 5.74) is 14.3. The van der Waals surface area contributed by atoms with E-state index in [9.17, 15) is 0 Å². The summed E-state index contributed by atoms with van der Waals surface area (Å²) in [6.45, 7) is 10.7. The third-order valence-corrected chi connectivity index (χ3v) is 6.89. The van der Waals surface area contributed by atoms with Gasteiger partial charge in [-0.3, -0.25) is 20.0 Å². The van der Waals surface area contributed by atoms with Gasteiger partial charge in [-0.1, -0.05) is 24.3 Å². The summed E-state index contributed by atoms with van der Waals surface area (Å²) in [6, 6.07) is 27.3. The number of aryl methyl sites for hydroxylation is 5. The van der Waals surface area contributed by atoms with Crippen molar-refractivity contribution in [2.45, 2.75) is 34.6 Å². The molecule has 5 rings (SSSR count). The molecular weight excluding hydrogens is 736 g/mol. The van der Waals surface area contributed by atoms with Crippen molar-refractivity contribution >= 4 is 73.4 Å². The molecule has 0 aliphatic carbocycles. The molecule has 5 aromatic rings. The Bertz CT molecular complexity index is 1670. The molecule has 0 fully saturated rings.